The zero-order valence-corrected chi connectivity index (χ0v) is 26.7. The zero-order valence-electron chi connectivity index (χ0n) is 26.7. The van der Waals surface area contributed by atoms with Gasteiger partial charge in [-0.3, -0.25) is 34.2 Å². The molecule has 5 amide bonds. The van der Waals surface area contributed by atoms with Gasteiger partial charge in [0.15, 0.2) is 5.96 Å². The second-order valence-electron chi connectivity index (χ2n) is 11.7. The lowest BCUT2D eigenvalue weighted by atomic mass is 10.0. The van der Waals surface area contributed by atoms with Crippen LogP contribution in [0.1, 0.15) is 51.5 Å². The molecule has 0 bridgehead atoms. The van der Waals surface area contributed by atoms with Crippen LogP contribution in [0.15, 0.2) is 24.3 Å². The van der Waals surface area contributed by atoms with E-state index in [9.17, 15) is 48.9 Å². The lowest BCUT2D eigenvalue weighted by Crippen LogP contribution is -2.59. The van der Waals surface area contributed by atoms with Crippen LogP contribution in [0.2, 0.25) is 0 Å². The van der Waals surface area contributed by atoms with E-state index >= 15 is 0 Å². The minimum atomic E-state index is -1.66. The number of guanidine groups is 1. The molecule has 1 saturated heterocycles. The van der Waals surface area contributed by atoms with E-state index in [2.05, 4.69) is 26.6 Å². The number of amides is 5. The molecule has 0 radical (unpaired) electrons. The van der Waals surface area contributed by atoms with Crippen LogP contribution in [-0.2, 0) is 40.0 Å². The third-order valence-electron chi connectivity index (χ3n) is 7.64. The number of hydrogen-bond donors (Lipinski definition) is 10. The first-order valence-corrected chi connectivity index (χ1v) is 15.4. The number of aliphatic carboxylic acids is 2. The Morgan fingerprint density at radius 1 is 1.00 bits per heavy atom. The fourth-order valence-corrected chi connectivity index (χ4v) is 5.16. The van der Waals surface area contributed by atoms with E-state index in [1.807, 2.05) is 0 Å². The highest BCUT2D eigenvalue weighted by Gasteiger charge is 2.39. The number of phenolic OH excluding ortho intramolecular Hbond substituents is 1. The normalized spacial score (nSPS) is 16.5. The molecular formula is C30H44N8O10. The second kappa shape index (κ2) is 18.7. The molecule has 1 aromatic rings. The monoisotopic (exact) mass is 676 g/mol. The molecule has 1 heterocycles. The Morgan fingerprint density at radius 2 is 1.67 bits per heavy atom. The van der Waals surface area contributed by atoms with Gasteiger partial charge < -0.3 is 52.5 Å². The van der Waals surface area contributed by atoms with Crippen LogP contribution in [0.5, 0.6) is 5.75 Å². The van der Waals surface area contributed by atoms with Crippen molar-refractivity contribution in [3.63, 3.8) is 0 Å². The maximum absolute atomic E-state index is 13.4. The molecule has 1 fully saturated rings. The molecule has 5 atom stereocenters. The third kappa shape index (κ3) is 12.1. The molecule has 2 rings (SSSR count). The Bertz CT molecular complexity index is 1340. The molecule has 0 aromatic heterocycles. The molecule has 48 heavy (non-hydrogen) atoms. The van der Waals surface area contributed by atoms with Crippen molar-refractivity contribution in [2.75, 3.05) is 13.1 Å². The number of carbonyl (C=O) groups excluding carboxylic acids is 5. The average Bonchev–Trinajstić information content (AvgIpc) is 3.51. The summed E-state index contributed by atoms with van der Waals surface area (Å²) < 4.78 is 0. The first-order chi connectivity index (χ1) is 22.6. The molecule has 18 nitrogen and oxygen atoms in total. The minimum Gasteiger partial charge on any atom is -0.508 e. The SMILES string of the molecule is CC(C)[C@H](NC(=O)[C@H](CC(=O)O)NC(=O)[C@@H]1CCCN1C(=O)[C@H](CCCNC(=N)N)NC=O)C(=O)N[C@@H](Cc1ccc(O)cc1)C(=O)O. The van der Waals surface area contributed by atoms with Gasteiger partial charge in [-0.05, 0) is 49.3 Å². The predicted octanol–water partition coefficient (Wildman–Crippen LogP) is -2.03. The molecule has 1 aromatic carbocycles. The van der Waals surface area contributed by atoms with Crippen molar-refractivity contribution in [3.05, 3.63) is 29.8 Å². The van der Waals surface area contributed by atoms with Gasteiger partial charge in [0.25, 0.3) is 0 Å². The molecule has 1 aliphatic heterocycles. The van der Waals surface area contributed by atoms with E-state index in [1.54, 1.807) is 13.8 Å². The summed E-state index contributed by atoms with van der Waals surface area (Å²) in [4.78, 5) is 89.2. The molecule has 11 N–H and O–H groups in total. The van der Waals surface area contributed by atoms with Crippen LogP contribution in [0.25, 0.3) is 0 Å². The number of likely N-dealkylation sites (tertiary alicyclic amines) is 1. The summed E-state index contributed by atoms with van der Waals surface area (Å²) in [5.41, 5.74) is 5.76. The number of carboxylic acid groups (broad SMARTS) is 2. The summed E-state index contributed by atoms with van der Waals surface area (Å²) >= 11 is 0. The quantitative estimate of drug-likeness (QED) is 0.0329. The number of carboxylic acids is 2. The number of benzene rings is 1. The lowest BCUT2D eigenvalue weighted by molar-refractivity contribution is -0.144. The van der Waals surface area contributed by atoms with Gasteiger partial charge in [-0.1, -0.05) is 26.0 Å². The van der Waals surface area contributed by atoms with Crippen molar-refractivity contribution >= 4 is 47.9 Å². The highest BCUT2D eigenvalue weighted by molar-refractivity contribution is 5.97. The van der Waals surface area contributed by atoms with Crippen LogP contribution < -0.4 is 32.3 Å². The molecule has 0 saturated carbocycles. The highest BCUT2D eigenvalue weighted by atomic mass is 16.4. The topological polar surface area (TPSA) is 293 Å². The van der Waals surface area contributed by atoms with Crippen LogP contribution in [0, 0.1) is 11.3 Å². The van der Waals surface area contributed by atoms with E-state index in [4.69, 9.17) is 11.1 Å². The van der Waals surface area contributed by atoms with E-state index in [0.717, 1.165) is 0 Å². The molecule has 264 valence electrons. The van der Waals surface area contributed by atoms with Gasteiger partial charge >= 0.3 is 11.9 Å². The van der Waals surface area contributed by atoms with Crippen LogP contribution in [-0.4, -0.2) is 111 Å². The number of nitrogens with two attached hydrogens (primary N) is 1. The molecule has 0 unspecified atom stereocenters. The number of rotatable bonds is 19. The Labute approximate surface area is 276 Å². The lowest BCUT2D eigenvalue weighted by Gasteiger charge is -2.30. The minimum absolute atomic E-state index is 0.0261. The Morgan fingerprint density at radius 3 is 2.23 bits per heavy atom. The van der Waals surface area contributed by atoms with Gasteiger partial charge in [0, 0.05) is 19.5 Å². The largest absolute Gasteiger partial charge is 0.508 e. The first-order valence-electron chi connectivity index (χ1n) is 15.4. The van der Waals surface area contributed by atoms with Crippen molar-refractivity contribution in [2.45, 2.75) is 82.6 Å². The summed E-state index contributed by atoms with van der Waals surface area (Å²) in [5.74, 6) is -6.90. The molecular weight excluding hydrogens is 632 g/mol. The van der Waals surface area contributed by atoms with Crippen LogP contribution >= 0.6 is 0 Å². The van der Waals surface area contributed by atoms with Crippen molar-refractivity contribution in [1.82, 2.24) is 31.5 Å². The Kier molecular flexibility index (Phi) is 15.1. The molecule has 18 heteroatoms. The number of hydrogen-bond acceptors (Lipinski definition) is 9. The summed E-state index contributed by atoms with van der Waals surface area (Å²) in [6.45, 7) is 3.58. The van der Waals surface area contributed by atoms with E-state index < -0.39 is 78.1 Å². The Hall–Kier alpha value is -5.42. The van der Waals surface area contributed by atoms with Crippen LogP contribution in [0.3, 0.4) is 0 Å². The molecule has 0 spiro atoms. The number of carbonyl (C=O) groups is 7. The van der Waals surface area contributed by atoms with Gasteiger partial charge in [-0.2, -0.15) is 0 Å². The van der Waals surface area contributed by atoms with E-state index in [-0.39, 0.29) is 44.1 Å². The van der Waals surface area contributed by atoms with Crippen molar-refractivity contribution < 1.29 is 48.9 Å². The van der Waals surface area contributed by atoms with Crippen LogP contribution in [0.4, 0.5) is 0 Å². The standard InChI is InChI=1S/C30H44N8O10/c1-16(2)24(27(45)36-21(29(47)48)13-17-7-9-18(40)10-8-17)37-25(43)20(14-23(41)42)35-26(44)22-6-4-12-38(22)28(46)19(34-15-39)5-3-11-33-30(31)32/h7-10,15-16,19-22,24,40H,3-6,11-14H2,1-2H3,(H,34,39)(H,35,44)(H,36,45)(H,37,43)(H,41,42)(H,47,48)(H4,31,32,33)/t19-,20-,21-,22-,24-/m0/s1. The van der Waals surface area contributed by atoms with Gasteiger partial charge in [-0.15, -0.1) is 0 Å². The Balaban J connectivity index is 2.15. The highest BCUT2D eigenvalue weighted by Crippen LogP contribution is 2.20. The number of nitrogens with one attached hydrogen (secondary N) is 6. The third-order valence-corrected chi connectivity index (χ3v) is 7.64. The summed E-state index contributed by atoms with van der Waals surface area (Å²) in [7, 11) is 0. The molecule has 1 aliphatic rings. The van der Waals surface area contributed by atoms with Gasteiger partial charge in [-0.25, -0.2) is 4.79 Å². The smallest absolute Gasteiger partial charge is 0.326 e. The second-order valence-corrected chi connectivity index (χ2v) is 11.7. The zero-order chi connectivity index (χ0) is 36.0. The number of phenols is 1. The van der Waals surface area contributed by atoms with Crippen molar-refractivity contribution in [3.8, 4) is 5.75 Å². The summed E-state index contributed by atoms with van der Waals surface area (Å²) in [5, 5.41) is 48.1. The van der Waals surface area contributed by atoms with Crippen molar-refractivity contribution in [1.29, 1.82) is 5.41 Å². The van der Waals surface area contributed by atoms with Gasteiger partial charge in [0.2, 0.25) is 30.0 Å². The maximum Gasteiger partial charge on any atom is 0.326 e. The predicted molar refractivity (Wildman–Crippen MR) is 169 cm³/mol. The van der Waals surface area contributed by atoms with Crippen molar-refractivity contribution in [2.24, 2.45) is 11.7 Å². The van der Waals surface area contributed by atoms with Gasteiger partial charge in [0.1, 0.15) is 36.0 Å². The number of nitrogens with zero attached hydrogens (tertiary/aromatic N) is 1. The summed E-state index contributed by atoms with van der Waals surface area (Å²) in [6.07, 6.45) is 0.512. The fourth-order valence-electron chi connectivity index (χ4n) is 5.16. The summed E-state index contributed by atoms with van der Waals surface area (Å²) in [6, 6.07) is -0.730. The van der Waals surface area contributed by atoms with E-state index in [0.29, 0.717) is 24.8 Å². The fraction of sp³-hybridized carbons (Fsp3) is 0.533. The van der Waals surface area contributed by atoms with Gasteiger partial charge in [0.05, 0.1) is 6.42 Å². The first kappa shape index (κ1) is 38.8. The average molecular weight is 677 g/mol. The van der Waals surface area contributed by atoms with E-state index in [1.165, 1.54) is 29.2 Å². The maximum atomic E-state index is 13.4. The number of aromatic hydroxyl groups is 1. The molecule has 0 aliphatic carbocycles.